The summed E-state index contributed by atoms with van der Waals surface area (Å²) in [5.74, 6) is 2.25. The minimum absolute atomic E-state index is 0.262. The summed E-state index contributed by atoms with van der Waals surface area (Å²) in [5, 5.41) is 7.58. The molecule has 0 aromatic carbocycles. The summed E-state index contributed by atoms with van der Waals surface area (Å²) in [6, 6.07) is 6.18. The van der Waals surface area contributed by atoms with Gasteiger partial charge < -0.3 is 19.7 Å². The number of carbonyl (C=O) groups excluding carboxylic acids is 1. The molecule has 1 aliphatic carbocycles. The topological polar surface area (TPSA) is 93.3 Å². The number of pyridine rings is 2. The average molecular weight is 491 g/mol. The quantitative estimate of drug-likeness (QED) is 0.472. The van der Waals surface area contributed by atoms with Crippen LogP contribution < -0.4 is 15.0 Å². The first-order chi connectivity index (χ1) is 17.5. The smallest absolute Gasteiger partial charge is 0.407 e. The van der Waals surface area contributed by atoms with Crippen LogP contribution in [-0.4, -0.2) is 65.8 Å². The van der Waals surface area contributed by atoms with E-state index in [1.807, 2.05) is 42.3 Å². The number of piperidine rings is 1. The molecule has 0 atom stereocenters. The average Bonchev–Trinajstić information content (AvgIpc) is 3.63. The Bertz CT molecular complexity index is 1240. The lowest BCUT2D eigenvalue weighted by Crippen LogP contribution is -2.53. The molecule has 1 aliphatic heterocycles. The predicted molar refractivity (Wildman–Crippen MR) is 140 cm³/mol. The Labute approximate surface area is 211 Å². The van der Waals surface area contributed by atoms with E-state index in [0.717, 1.165) is 59.7 Å². The first kappa shape index (κ1) is 24.1. The predicted octanol–water partition coefficient (Wildman–Crippen LogP) is 4.34. The van der Waals surface area contributed by atoms with Gasteiger partial charge in [0.1, 0.15) is 11.6 Å². The number of nitrogens with zero attached hydrogens (tertiary/aromatic N) is 5. The summed E-state index contributed by atoms with van der Waals surface area (Å²) >= 11 is 0. The van der Waals surface area contributed by atoms with Crippen LogP contribution in [0.25, 0.3) is 16.6 Å². The van der Waals surface area contributed by atoms with Crippen LogP contribution >= 0.6 is 0 Å². The van der Waals surface area contributed by atoms with Gasteiger partial charge in [-0.25, -0.2) is 14.3 Å². The third-order valence-corrected chi connectivity index (χ3v) is 6.99. The Morgan fingerprint density at radius 2 is 2.08 bits per heavy atom. The number of alkyl carbamates (subject to hydrolysis) is 1. The van der Waals surface area contributed by atoms with E-state index >= 15 is 0 Å². The van der Waals surface area contributed by atoms with Gasteiger partial charge in [-0.2, -0.15) is 5.10 Å². The zero-order valence-corrected chi connectivity index (χ0v) is 21.2. The molecule has 2 aliphatic rings. The number of aliphatic imine (C=N–C) groups is 1. The van der Waals surface area contributed by atoms with E-state index in [-0.39, 0.29) is 11.6 Å². The maximum atomic E-state index is 12.2. The van der Waals surface area contributed by atoms with Gasteiger partial charge in [-0.15, -0.1) is 0 Å². The number of hydrogen-bond donors (Lipinski definition) is 1. The minimum atomic E-state index is -0.298. The van der Waals surface area contributed by atoms with E-state index in [1.165, 1.54) is 12.8 Å². The fraction of sp³-hybridized carbons (Fsp3) is 0.481. The number of ether oxygens (including phenoxy) is 2. The lowest BCUT2D eigenvalue weighted by atomic mass is 9.90. The van der Waals surface area contributed by atoms with Crippen LogP contribution in [0.15, 0.2) is 41.8 Å². The lowest BCUT2D eigenvalue weighted by molar-refractivity contribution is 0.125. The number of fused-ring (bicyclic) bond motifs is 1. The molecule has 1 amide bonds. The van der Waals surface area contributed by atoms with E-state index < -0.39 is 0 Å². The summed E-state index contributed by atoms with van der Waals surface area (Å²) in [5.41, 5.74) is 3.62. The van der Waals surface area contributed by atoms with Crippen molar-refractivity contribution in [3.8, 4) is 16.9 Å². The Hall–Kier alpha value is -3.62. The highest BCUT2D eigenvalue weighted by atomic mass is 16.5. The highest BCUT2D eigenvalue weighted by molar-refractivity contribution is 5.96. The van der Waals surface area contributed by atoms with Crippen molar-refractivity contribution in [3.05, 3.63) is 42.4 Å². The maximum Gasteiger partial charge on any atom is 0.407 e. The Morgan fingerprint density at radius 3 is 2.75 bits per heavy atom. The van der Waals surface area contributed by atoms with E-state index in [2.05, 4.69) is 39.4 Å². The zero-order chi connectivity index (χ0) is 25.1. The van der Waals surface area contributed by atoms with Crippen molar-refractivity contribution in [2.45, 2.75) is 45.1 Å². The Balaban J connectivity index is 1.29. The molecule has 0 unspecified atom stereocenters. The van der Waals surface area contributed by atoms with Crippen molar-refractivity contribution < 1.29 is 14.3 Å². The third kappa shape index (κ3) is 5.29. The highest BCUT2D eigenvalue weighted by Gasteiger charge is 2.33. The fourth-order valence-electron chi connectivity index (χ4n) is 4.67. The molecule has 0 bridgehead atoms. The number of anilines is 1. The lowest BCUT2D eigenvalue weighted by Gasteiger charge is -2.40. The molecule has 5 rings (SSSR count). The molecule has 1 saturated heterocycles. The van der Waals surface area contributed by atoms with Crippen LogP contribution in [-0.2, 0) is 4.74 Å². The van der Waals surface area contributed by atoms with Crippen LogP contribution in [0.1, 0.15) is 45.1 Å². The molecule has 9 heteroatoms. The van der Waals surface area contributed by atoms with Crippen molar-refractivity contribution in [2.75, 3.05) is 38.3 Å². The number of aromatic nitrogens is 3. The number of nitrogens with one attached hydrogen (secondary N) is 1. The van der Waals surface area contributed by atoms with Gasteiger partial charge in [0.2, 0.25) is 0 Å². The van der Waals surface area contributed by atoms with Crippen molar-refractivity contribution in [3.63, 3.8) is 0 Å². The standard InChI is InChI=1S/C27H34N6O3/c1-4-35-22-13-23(25-21(14-28-3)16-30-33(25)17-22)20-7-8-24(29-15-20)32-11-9-27(2,10-12-32)31-26(34)36-18-19-5-6-19/h7-8,13-17,19H,4-6,9-12,18H2,1-3H3,(H,31,34). The summed E-state index contributed by atoms with van der Waals surface area (Å²) in [6.07, 6.45) is 11.1. The summed E-state index contributed by atoms with van der Waals surface area (Å²) in [4.78, 5) is 23.4. The zero-order valence-electron chi connectivity index (χ0n) is 21.2. The molecule has 1 N–H and O–H groups in total. The van der Waals surface area contributed by atoms with Crippen LogP contribution in [0.2, 0.25) is 0 Å². The van der Waals surface area contributed by atoms with Gasteiger partial charge in [0.05, 0.1) is 31.1 Å². The SMILES string of the molecule is CCOc1cc(-c2ccc(N3CCC(C)(NC(=O)OCC4CC4)CC3)nc2)c2c(C=NC)cnn2c1. The van der Waals surface area contributed by atoms with Crippen molar-refractivity contribution in [2.24, 2.45) is 10.9 Å². The molecule has 36 heavy (non-hydrogen) atoms. The highest BCUT2D eigenvalue weighted by Crippen LogP contribution is 2.32. The van der Waals surface area contributed by atoms with Crippen LogP contribution in [0.5, 0.6) is 5.75 Å². The van der Waals surface area contributed by atoms with E-state index in [4.69, 9.17) is 14.5 Å². The number of hydrogen-bond acceptors (Lipinski definition) is 7. The minimum Gasteiger partial charge on any atom is -0.492 e. The first-order valence-electron chi connectivity index (χ1n) is 12.7. The monoisotopic (exact) mass is 490 g/mol. The first-order valence-corrected chi connectivity index (χ1v) is 12.7. The Kier molecular flexibility index (Phi) is 6.80. The van der Waals surface area contributed by atoms with Crippen molar-refractivity contribution in [1.82, 2.24) is 19.9 Å². The van der Waals surface area contributed by atoms with Crippen LogP contribution in [0.3, 0.4) is 0 Å². The van der Waals surface area contributed by atoms with Gasteiger partial charge in [0, 0.05) is 54.8 Å². The van der Waals surface area contributed by atoms with Crippen LogP contribution in [0.4, 0.5) is 10.6 Å². The fourth-order valence-corrected chi connectivity index (χ4v) is 4.67. The second-order valence-corrected chi connectivity index (χ2v) is 9.92. The summed E-state index contributed by atoms with van der Waals surface area (Å²) < 4.78 is 13.0. The second kappa shape index (κ2) is 10.2. The van der Waals surface area contributed by atoms with E-state index in [1.54, 1.807) is 7.05 Å². The van der Waals surface area contributed by atoms with Crippen molar-refractivity contribution >= 4 is 23.6 Å². The molecule has 3 aromatic rings. The largest absolute Gasteiger partial charge is 0.492 e. The molecule has 190 valence electrons. The number of rotatable bonds is 8. The molecular weight excluding hydrogens is 456 g/mol. The molecule has 4 heterocycles. The van der Waals surface area contributed by atoms with E-state index in [9.17, 15) is 4.79 Å². The van der Waals surface area contributed by atoms with Crippen molar-refractivity contribution in [1.29, 1.82) is 0 Å². The van der Waals surface area contributed by atoms with Gasteiger partial charge in [-0.05, 0) is 63.6 Å². The molecular formula is C27H34N6O3. The summed E-state index contributed by atoms with van der Waals surface area (Å²) in [7, 11) is 1.75. The summed E-state index contributed by atoms with van der Waals surface area (Å²) in [6.45, 7) is 6.81. The van der Waals surface area contributed by atoms with E-state index in [0.29, 0.717) is 19.1 Å². The van der Waals surface area contributed by atoms with Crippen LogP contribution in [0, 0.1) is 5.92 Å². The third-order valence-electron chi connectivity index (χ3n) is 6.99. The van der Waals surface area contributed by atoms with Gasteiger partial charge in [0.25, 0.3) is 0 Å². The molecule has 0 radical (unpaired) electrons. The van der Waals surface area contributed by atoms with Gasteiger partial charge >= 0.3 is 6.09 Å². The number of carbonyl (C=O) groups is 1. The van der Waals surface area contributed by atoms with Gasteiger partial charge in [-0.1, -0.05) is 0 Å². The van der Waals surface area contributed by atoms with Gasteiger partial charge in [-0.3, -0.25) is 4.99 Å². The molecule has 0 spiro atoms. The Morgan fingerprint density at radius 1 is 1.28 bits per heavy atom. The normalized spacial score (nSPS) is 17.5. The molecule has 3 aromatic heterocycles. The second-order valence-electron chi connectivity index (χ2n) is 9.92. The maximum absolute atomic E-state index is 12.2. The molecule has 2 fully saturated rings. The molecule has 9 nitrogen and oxygen atoms in total. The number of amides is 1. The van der Waals surface area contributed by atoms with Gasteiger partial charge in [0.15, 0.2) is 0 Å². The molecule has 1 saturated carbocycles.